The van der Waals surface area contributed by atoms with Gasteiger partial charge >= 0.3 is 6.61 Å². The Labute approximate surface area is 154 Å². The molecule has 3 heterocycles. The predicted octanol–water partition coefficient (Wildman–Crippen LogP) is 1.83. The number of carbonyl (C=O) groups excluding carboxylic acids is 2. The van der Waals surface area contributed by atoms with Gasteiger partial charge in [0.15, 0.2) is 5.69 Å². The lowest BCUT2D eigenvalue weighted by Crippen LogP contribution is -2.50. The van der Waals surface area contributed by atoms with E-state index in [1.807, 2.05) is 0 Å². The van der Waals surface area contributed by atoms with E-state index in [9.17, 15) is 18.4 Å². The Balaban J connectivity index is 1.63. The van der Waals surface area contributed by atoms with Gasteiger partial charge in [0.05, 0.1) is 5.56 Å². The van der Waals surface area contributed by atoms with E-state index in [4.69, 9.17) is 4.42 Å². The van der Waals surface area contributed by atoms with Gasteiger partial charge in [0.1, 0.15) is 11.5 Å². The molecule has 10 heteroatoms. The maximum Gasteiger partial charge on any atom is 0.388 e. The van der Waals surface area contributed by atoms with Gasteiger partial charge in [-0.1, -0.05) is 0 Å². The second-order valence-electron chi connectivity index (χ2n) is 6.28. The van der Waals surface area contributed by atoms with Crippen LogP contribution in [0.1, 0.15) is 32.4 Å². The summed E-state index contributed by atoms with van der Waals surface area (Å²) in [5.41, 5.74) is 0.542. The Bertz CT molecular complexity index is 853. The van der Waals surface area contributed by atoms with E-state index in [-0.39, 0.29) is 17.5 Å². The number of furan rings is 1. The third-order valence-electron chi connectivity index (χ3n) is 4.39. The number of hydrogen-bond acceptors (Lipinski definition) is 5. The van der Waals surface area contributed by atoms with Crippen LogP contribution in [0.15, 0.2) is 16.5 Å². The molecule has 27 heavy (non-hydrogen) atoms. The zero-order valence-electron chi connectivity index (χ0n) is 15.2. The minimum absolute atomic E-state index is 0.0224. The Morgan fingerprint density at radius 1 is 1.11 bits per heavy atom. The maximum atomic E-state index is 12.6. The van der Waals surface area contributed by atoms with Gasteiger partial charge < -0.3 is 19.0 Å². The van der Waals surface area contributed by atoms with Crippen molar-refractivity contribution >= 4 is 11.8 Å². The van der Waals surface area contributed by atoms with Crippen molar-refractivity contribution < 1.29 is 27.5 Å². The van der Waals surface area contributed by atoms with Crippen LogP contribution in [0.4, 0.5) is 8.78 Å². The number of aromatic nitrogens is 2. The zero-order chi connectivity index (χ0) is 19.7. The van der Waals surface area contributed by atoms with Crippen LogP contribution in [-0.2, 0) is 7.05 Å². The molecular weight excluding hydrogens is 362 g/mol. The van der Waals surface area contributed by atoms with Crippen LogP contribution in [-0.4, -0.2) is 64.2 Å². The molecule has 1 aliphatic rings. The minimum Gasteiger partial charge on any atom is -0.466 e. The summed E-state index contributed by atoms with van der Waals surface area (Å²) < 4.78 is 35.5. The van der Waals surface area contributed by atoms with Crippen LogP contribution in [0, 0.1) is 13.8 Å². The monoisotopic (exact) mass is 382 g/mol. The van der Waals surface area contributed by atoms with Gasteiger partial charge in [0.2, 0.25) is 5.88 Å². The summed E-state index contributed by atoms with van der Waals surface area (Å²) in [5.74, 6) is 0.518. The highest BCUT2D eigenvalue weighted by molar-refractivity contribution is 5.96. The third-order valence-corrected chi connectivity index (χ3v) is 4.39. The second-order valence-corrected chi connectivity index (χ2v) is 6.28. The SMILES string of the molecule is Cc1cc(C(=O)N2CCN(C(=O)c3cc(OC(F)F)n(C)n3)CC2)c(C)o1. The molecule has 146 valence electrons. The van der Waals surface area contributed by atoms with Crippen LogP contribution >= 0.6 is 0 Å². The first-order chi connectivity index (χ1) is 12.8. The molecule has 1 aliphatic heterocycles. The van der Waals surface area contributed by atoms with Gasteiger partial charge in [-0.25, -0.2) is 4.68 Å². The van der Waals surface area contributed by atoms with Crippen molar-refractivity contribution in [3.05, 3.63) is 34.9 Å². The highest BCUT2D eigenvalue weighted by atomic mass is 19.3. The minimum atomic E-state index is -2.99. The molecule has 0 atom stereocenters. The summed E-state index contributed by atoms with van der Waals surface area (Å²) in [5, 5.41) is 3.93. The molecule has 0 saturated carbocycles. The molecule has 1 saturated heterocycles. The number of amides is 2. The summed E-state index contributed by atoms with van der Waals surface area (Å²) in [4.78, 5) is 28.3. The predicted molar refractivity (Wildman–Crippen MR) is 89.8 cm³/mol. The van der Waals surface area contributed by atoms with Crippen LogP contribution in [0.3, 0.4) is 0 Å². The van der Waals surface area contributed by atoms with E-state index in [1.165, 1.54) is 18.0 Å². The van der Waals surface area contributed by atoms with Crippen molar-refractivity contribution in [2.24, 2.45) is 7.05 Å². The fourth-order valence-corrected chi connectivity index (χ4v) is 3.04. The molecule has 8 nitrogen and oxygen atoms in total. The van der Waals surface area contributed by atoms with Gasteiger partial charge in [0, 0.05) is 39.3 Å². The highest BCUT2D eigenvalue weighted by Crippen LogP contribution is 2.19. The Morgan fingerprint density at radius 3 is 2.22 bits per heavy atom. The Kier molecular flexibility index (Phi) is 5.15. The summed E-state index contributed by atoms with van der Waals surface area (Å²) >= 11 is 0. The van der Waals surface area contributed by atoms with Crippen LogP contribution in [0.5, 0.6) is 5.88 Å². The number of carbonyl (C=O) groups is 2. The first-order valence-corrected chi connectivity index (χ1v) is 8.40. The average Bonchev–Trinajstić information content (AvgIpc) is 3.15. The standard InChI is InChI=1S/C17H20F2N4O4/c1-10-8-12(11(2)26-10)15(24)22-4-6-23(7-5-22)16(25)13-9-14(21(3)20-13)27-17(18)19/h8-9,17H,4-7H2,1-3H3. The lowest BCUT2D eigenvalue weighted by Gasteiger charge is -2.34. The molecule has 0 bridgehead atoms. The molecule has 3 rings (SSSR count). The normalized spacial score (nSPS) is 14.7. The molecule has 0 spiro atoms. The molecule has 0 aromatic carbocycles. The number of rotatable bonds is 4. The third kappa shape index (κ3) is 3.93. The largest absolute Gasteiger partial charge is 0.466 e. The molecule has 0 N–H and O–H groups in total. The van der Waals surface area contributed by atoms with E-state index in [0.29, 0.717) is 43.3 Å². The Morgan fingerprint density at radius 2 is 1.70 bits per heavy atom. The quantitative estimate of drug-likeness (QED) is 0.806. The van der Waals surface area contributed by atoms with Gasteiger partial charge in [-0.2, -0.15) is 13.9 Å². The summed E-state index contributed by atoms with van der Waals surface area (Å²) in [6.07, 6.45) is 0. The smallest absolute Gasteiger partial charge is 0.388 e. The fourth-order valence-electron chi connectivity index (χ4n) is 3.04. The molecule has 2 aromatic rings. The number of piperazine rings is 1. The topological polar surface area (TPSA) is 80.8 Å². The van der Waals surface area contributed by atoms with Crippen molar-refractivity contribution in [2.75, 3.05) is 26.2 Å². The number of halogens is 2. The van der Waals surface area contributed by atoms with Crippen molar-refractivity contribution in [1.82, 2.24) is 19.6 Å². The fraction of sp³-hybridized carbons (Fsp3) is 0.471. The van der Waals surface area contributed by atoms with Gasteiger partial charge in [-0.15, -0.1) is 0 Å². The van der Waals surface area contributed by atoms with Crippen molar-refractivity contribution in [3.8, 4) is 5.88 Å². The molecule has 1 fully saturated rings. The first kappa shape index (κ1) is 18.9. The number of ether oxygens (including phenoxy) is 1. The summed E-state index contributed by atoms with van der Waals surface area (Å²) in [6, 6.07) is 2.89. The molecule has 2 amide bonds. The molecule has 2 aromatic heterocycles. The maximum absolute atomic E-state index is 12.6. The number of hydrogen-bond donors (Lipinski definition) is 0. The van der Waals surface area contributed by atoms with Crippen LogP contribution in [0.25, 0.3) is 0 Å². The summed E-state index contributed by atoms with van der Waals surface area (Å²) in [7, 11) is 1.42. The average molecular weight is 382 g/mol. The Hall–Kier alpha value is -2.91. The van der Waals surface area contributed by atoms with Crippen LogP contribution < -0.4 is 4.74 Å². The van der Waals surface area contributed by atoms with Crippen LogP contribution in [0.2, 0.25) is 0 Å². The number of aryl methyl sites for hydroxylation is 3. The number of nitrogens with zero attached hydrogens (tertiary/aromatic N) is 4. The molecule has 0 aliphatic carbocycles. The molecule has 0 radical (unpaired) electrons. The van der Waals surface area contributed by atoms with E-state index < -0.39 is 12.5 Å². The molecule has 0 unspecified atom stereocenters. The number of alkyl halides is 2. The van der Waals surface area contributed by atoms with E-state index in [2.05, 4.69) is 9.84 Å². The van der Waals surface area contributed by atoms with E-state index in [1.54, 1.807) is 24.8 Å². The highest BCUT2D eigenvalue weighted by Gasteiger charge is 2.28. The van der Waals surface area contributed by atoms with Crippen molar-refractivity contribution in [1.29, 1.82) is 0 Å². The lowest BCUT2D eigenvalue weighted by molar-refractivity contribution is -0.0553. The molecular formula is C17H20F2N4O4. The van der Waals surface area contributed by atoms with E-state index in [0.717, 1.165) is 4.68 Å². The second kappa shape index (κ2) is 7.37. The lowest BCUT2D eigenvalue weighted by atomic mass is 10.2. The zero-order valence-corrected chi connectivity index (χ0v) is 15.2. The van der Waals surface area contributed by atoms with Crippen molar-refractivity contribution in [2.45, 2.75) is 20.5 Å². The van der Waals surface area contributed by atoms with Gasteiger partial charge in [0.25, 0.3) is 11.8 Å². The van der Waals surface area contributed by atoms with Gasteiger partial charge in [-0.3, -0.25) is 9.59 Å². The first-order valence-electron chi connectivity index (χ1n) is 8.40. The van der Waals surface area contributed by atoms with Gasteiger partial charge in [-0.05, 0) is 19.9 Å². The van der Waals surface area contributed by atoms with Crippen molar-refractivity contribution in [3.63, 3.8) is 0 Å². The van der Waals surface area contributed by atoms with E-state index >= 15 is 0 Å². The summed E-state index contributed by atoms with van der Waals surface area (Å²) in [6.45, 7) is 1.89.